The molecule has 1 aromatic rings. The van der Waals surface area contributed by atoms with Gasteiger partial charge in [0.2, 0.25) is 0 Å². The van der Waals surface area contributed by atoms with Crippen LogP contribution in [-0.4, -0.2) is 33.6 Å². The molecular weight excluding hydrogens is 240 g/mol. The molecule has 1 atom stereocenters. The molecule has 0 radical (unpaired) electrons. The lowest BCUT2D eigenvalue weighted by Gasteiger charge is -2.23. The molecule has 2 aliphatic rings. The third-order valence-corrected chi connectivity index (χ3v) is 4.65. The van der Waals surface area contributed by atoms with Crippen molar-refractivity contribution in [2.24, 2.45) is 11.3 Å². The largest absolute Gasteiger partial charge is 0.317 e. The summed E-state index contributed by atoms with van der Waals surface area (Å²) in [4.78, 5) is 16.7. The summed E-state index contributed by atoms with van der Waals surface area (Å²) in [7, 11) is 0. The van der Waals surface area contributed by atoms with Crippen molar-refractivity contribution in [1.82, 2.24) is 20.1 Å². The van der Waals surface area contributed by atoms with Crippen molar-refractivity contribution in [3.8, 4) is 0 Å². The lowest BCUT2D eigenvalue weighted by Crippen LogP contribution is -2.31. The van der Waals surface area contributed by atoms with Crippen LogP contribution >= 0.6 is 0 Å². The third kappa shape index (κ3) is 2.31. The molecule has 0 amide bonds. The molecule has 104 valence electrons. The van der Waals surface area contributed by atoms with Gasteiger partial charge in [0.1, 0.15) is 17.9 Å². The average molecular weight is 262 g/mol. The number of nitrogens with one attached hydrogen (secondary N) is 1. The van der Waals surface area contributed by atoms with E-state index >= 15 is 0 Å². The molecule has 5 heteroatoms. The van der Waals surface area contributed by atoms with Crippen LogP contribution in [0.5, 0.6) is 0 Å². The normalized spacial score (nSPS) is 24.9. The zero-order chi connectivity index (χ0) is 13.5. The molecule has 1 aromatic heterocycles. The number of hydrogen-bond acceptors (Lipinski definition) is 4. The molecule has 3 rings (SSSR count). The topological polar surface area (TPSA) is 59.8 Å². The zero-order valence-corrected chi connectivity index (χ0v) is 11.7. The summed E-state index contributed by atoms with van der Waals surface area (Å²) >= 11 is 0. The highest BCUT2D eigenvalue weighted by atomic mass is 16.1. The van der Waals surface area contributed by atoms with Crippen LogP contribution in [0.4, 0.5) is 0 Å². The summed E-state index contributed by atoms with van der Waals surface area (Å²) in [5.41, 5.74) is 0.324. The first-order valence-corrected chi connectivity index (χ1v) is 7.24. The predicted molar refractivity (Wildman–Crippen MR) is 71.8 cm³/mol. The Hall–Kier alpha value is -1.23. The van der Waals surface area contributed by atoms with Crippen LogP contribution in [0.2, 0.25) is 0 Å². The molecule has 1 aliphatic heterocycles. The molecule has 0 aromatic carbocycles. The summed E-state index contributed by atoms with van der Waals surface area (Å²) in [5, 5.41) is 7.57. The van der Waals surface area contributed by atoms with Crippen LogP contribution in [0.1, 0.15) is 45.0 Å². The van der Waals surface area contributed by atoms with Crippen LogP contribution in [0, 0.1) is 11.3 Å². The second-order valence-electron chi connectivity index (χ2n) is 6.23. The van der Waals surface area contributed by atoms with E-state index in [1.165, 1.54) is 0 Å². The number of carbonyl (C=O) groups is 1. The Morgan fingerprint density at radius 2 is 2.26 bits per heavy atom. The molecule has 1 saturated heterocycles. The fourth-order valence-corrected chi connectivity index (χ4v) is 3.39. The Kier molecular flexibility index (Phi) is 3.17. The number of aromatic nitrogens is 3. The Morgan fingerprint density at radius 3 is 2.95 bits per heavy atom. The quantitative estimate of drug-likeness (QED) is 0.890. The number of rotatable bonds is 4. The van der Waals surface area contributed by atoms with Crippen molar-refractivity contribution in [2.75, 3.05) is 13.1 Å². The van der Waals surface area contributed by atoms with Gasteiger partial charge in [-0.1, -0.05) is 0 Å². The van der Waals surface area contributed by atoms with Crippen molar-refractivity contribution in [3.63, 3.8) is 0 Å². The SMILES string of the molecule is CC(C)n1ncnc1CC(=O)C1CC12CCNCC2. The van der Waals surface area contributed by atoms with Crippen molar-refractivity contribution < 1.29 is 4.79 Å². The first-order chi connectivity index (χ1) is 9.12. The summed E-state index contributed by atoms with van der Waals surface area (Å²) < 4.78 is 1.86. The molecule has 1 saturated carbocycles. The zero-order valence-electron chi connectivity index (χ0n) is 11.7. The molecule has 1 spiro atoms. The van der Waals surface area contributed by atoms with Gasteiger partial charge in [0, 0.05) is 12.0 Å². The van der Waals surface area contributed by atoms with Crippen molar-refractivity contribution >= 4 is 5.78 Å². The Bertz CT molecular complexity index is 474. The highest BCUT2D eigenvalue weighted by molar-refractivity contribution is 5.86. The van der Waals surface area contributed by atoms with E-state index in [1.54, 1.807) is 6.33 Å². The van der Waals surface area contributed by atoms with Crippen LogP contribution in [0.25, 0.3) is 0 Å². The van der Waals surface area contributed by atoms with Crippen LogP contribution < -0.4 is 5.32 Å². The maximum absolute atomic E-state index is 12.4. The number of Topliss-reactive ketones (excluding diaryl/α,β-unsaturated/α-hetero) is 1. The molecule has 1 N–H and O–H groups in total. The summed E-state index contributed by atoms with van der Waals surface area (Å²) in [6.07, 6.45) is 5.39. The standard InChI is InChI=1S/C14H22N4O/c1-10(2)18-13(16-9-17-18)7-12(19)11-8-14(11)3-5-15-6-4-14/h9-11,15H,3-8H2,1-2H3. The molecule has 0 bridgehead atoms. The van der Waals surface area contributed by atoms with Gasteiger partial charge in [0.25, 0.3) is 0 Å². The van der Waals surface area contributed by atoms with Gasteiger partial charge in [0.15, 0.2) is 0 Å². The number of hydrogen-bond donors (Lipinski definition) is 1. The second-order valence-corrected chi connectivity index (χ2v) is 6.23. The monoisotopic (exact) mass is 262 g/mol. The molecular formula is C14H22N4O. The summed E-state index contributed by atoms with van der Waals surface area (Å²) in [5.74, 6) is 1.44. The fourth-order valence-electron chi connectivity index (χ4n) is 3.39. The minimum Gasteiger partial charge on any atom is -0.317 e. The van der Waals surface area contributed by atoms with Crippen molar-refractivity contribution in [3.05, 3.63) is 12.2 Å². The highest BCUT2D eigenvalue weighted by Gasteiger charge is 2.57. The minimum absolute atomic E-state index is 0.261. The Labute approximate surface area is 113 Å². The number of piperidine rings is 1. The molecule has 1 unspecified atom stereocenters. The van der Waals surface area contributed by atoms with Gasteiger partial charge in [0.05, 0.1) is 6.42 Å². The third-order valence-electron chi connectivity index (χ3n) is 4.65. The Balaban J connectivity index is 1.65. The van der Waals surface area contributed by atoms with E-state index in [-0.39, 0.29) is 12.0 Å². The molecule has 1 aliphatic carbocycles. The van der Waals surface area contributed by atoms with Gasteiger partial charge in [-0.3, -0.25) is 4.79 Å². The lowest BCUT2D eigenvalue weighted by atomic mass is 9.90. The van der Waals surface area contributed by atoms with E-state index < -0.39 is 0 Å². The predicted octanol–water partition coefficient (Wildman–Crippen LogP) is 1.36. The summed E-state index contributed by atoms with van der Waals surface area (Å²) in [6, 6.07) is 0.261. The summed E-state index contributed by atoms with van der Waals surface area (Å²) in [6.45, 7) is 6.25. The van der Waals surface area contributed by atoms with E-state index in [0.717, 1.165) is 38.2 Å². The smallest absolute Gasteiger partial charge is 0.144 e. The molecule has 5 nitrogen and oxygen atoms in total. The van der Waals surface area contributed by atoms with Crippen molar-refractivity contribution in [1.29, 1.82) is 0 Å². The number of ketones is 1. The van der Waals surface area contributed by atoms with Gasteiger partial charge in [-0.25, -0.2) is 9.67 Å². The van der Waals surface area contributed by atoms with E-state index in [2.05, 4.69) is 29.2 Å². The van der Waals surface area contributed by atoms with Crippen LogP contribution in [0.15, 0.2) is 6.33 Å². The lowest BCUT2D eigenvalue weighted by molar-refractivity contribution is -0.120. The van der Waals surface area contributed by atoms with Crippen LogP contribution in [-0.2, 0) is 11.2 Å². The van der Waals surface area contributed by atoms with E-state index in [0.29, 0.717) is 17.6 Å². The van der Waals surface area contributed by atoms with E-state index in [4.69, 9.17) is 0 Å². The van der Waals surface area contributed by atoms with Gasteiger partial charge in [-0.05, 0) is 51.6 Å². The highest BCUT2D eigenvalue weighted by Crippen LogP contribution is 2.59. The van der Waals surface area contributed by atoms with Gasteiger partial charge < -0.3 is 5.32 Å². The average Bonchev–Trinajstić information content (AvgIpc) is 2.86. The first-order valence-electron chi connectivity index (χ1n) is 7.24. The number of carbonyl (C=O) groups excluding carboxylic acids is 1. The first kappa shape index (κ1) is 12.8. The minimum atomic E-state index is 0.261. The van der Waals surface area contributed by atoms with Gasteiger partial charge >= 0.3 is 0 Å². The molecule has 2 heterocycles. The van der Waals surface area contributed by atoms with Crippen molar-refractivity contribution in [2.45, 2.75) is 45.6 Å². The maximum atomic E-state index is 12.4. The van der Waals surface area contributed by atoms with E-state index in [9.17, 15) is 4.79 Å². The van der Waals surface area contributed by atoms with Crippen LogP contribution in [0.3, 0.4) is 0 Å². The van der Waals surface area contributed by atoms with Gasteiger partial charge in [-0.2, -0.15) is 5.10 Å². The fraction of sp³-hybridized carbons (Fsp3) is 0.786. The number of nitrogens with zero attached hydrogens (tertiary/aromatic N) is 3. The van der Waals surface area contributed by atoms with E-state index in [1.807, 2.05) is 4.68 Å². The second kappa shape index (κ2) is 4.71. The maximum Gasteiger partial charge on any atom is 0.144 e. The molecule has 2 fully saturated rings. The molecule has 19 heavy (non-hydrogen) atoms. The van der Waals surface area contributed by atoms with Gasteiger partial charge in [-0.15, -0.1) is 0 Å². The Morgan fingerprint density at radius 1 is 1.53 bits per heavy atom.